The highest BCUT2D eigenvalue weighted by Crippen LogP contribution is 2.32. The average molecular weight is 378 g/mol. The lowest BCUT2D eigenvalue weighted by molar-refractivity contribution is -0.133. The molecule has 136 valence electrons. The molecule has 0 bridgehead atoms. The number of rotatable bonds is 5. The van der Waals surface area contributed by atoms with Crippen LogP contribution < -0.4 is 0 Å². The predicted octanol–water partition coefficient (Wildman–Crippen LogP) is 4.12. The van der Waals surface area contributed by atoms with Crippen LogP contribution in [0, 0.1) is 6.92 Å². The number of hydrogen-bond donors (Lipinski definition) is 2. The number of H-pyrrole nitrogens is 1. The minimum atomic E-state index is -0.883. The number of aryl methyl sites for hydroxylation is 2. The van der Waals surface area contributed by atoms with E-state index in [2.05, 4.69) is 69.3 Å². The smallest absolute Gasteiger partial charge is 0.313 e. The molecule has 0 spiro atoms. The van der Waals surface area contributed by atoms with Crippen LogP contribution in [-0.2, 0) is 11.8 Å². The predicted molar refractivity (Wildman–Crippen MR) is 107 cm³/mol. The summed E-state index contributed by atoms with van der Waals surface area (Å²) >= 11 is 1.12. The molecule has 0 aliphatic carbocycles. The first-order chi connectivity index (χ1) is 13.0. The summed E-state index contributed by atoms with van der Waals surface area (Å²) < 4.78 is 2.11. The Labute approximate surface area is 160 Å². The van der Waals surface area contributed by atoms with E-state index in [1.807, 2.05) is 13.1 Å². The van der Waals surface area contributed by atoms with Crippen LogP contribution in [0.3, 0.4) is 0 Å². The number of carboxylic acids is 1. The van der Waals surface area contributed by atoms with Crippen LogP contribution in [0.5, 0.6) is 0 Å². The fourth-order valence-electron chi connectivity index (χ4n) is 3.20. The van der Waals surface area contributed by atoms with Crippen LogP contribution in [0.4, 0.5) is 0 Å². The number of aliphatic carboxylic acids is 1. The lowest BCUT2D eigenvalue weighted by Gasteiger charge is -2.08. The van der Waals surface area contributed by atoms with Crippen molar-refractivity contribution in [1.29, 1.82) is 0 Å². The lowest BCUT2D eigenvalue weighted by atomic mass is 9.97. The minimum absolute atomic E-state index is 0.0519. The molecule has 0 radical (unpaired) electrons. The van der Waals surface area contributed by atoms with Gasteiger partial charge < -0.3 is 14.7 Å². The third-order valence-electron chi connectivity index (χ3n) is 4.39. The Balaban J connectivity index is 1.75. The second-order valence-corrected chi connectivity index (χ2v) is 7.38. The number of benzene rings is 2. The number of nitrogens with one attached hydrogen (secondary N) is 1. The molecule has 0 aliphatic rings. The van der Waals surface area contributed by atoms with Gasteiger partial charge in [-0.1, -0.05) is 30.0 Å². The summed E-state index contributed by atoms with van der Waals surface area (Å²) in [5.41, 5.74) is 5.50. The third kappa shape index (κ3) is 3.46. The Morgan fingerprint density at radius 2 is 2.00 bits per heavy atom. The Morgan fingerprint density at radius 3 is 2.81 bits per heavy atom. The highest BCUT2D eigenvalue weighted by molar-refractivity contribution is 7.99. The van der Waals surface area contributed by atoms with Gasteiger partial charge in [0.1, 0.15) is 0 Å². The van der Waals surface area contributed by atoms with Gasteiger partial charge in [-0.3, -0.25) is 4.79 Å². The molecule has 0 saturated carbocycles. The van der Waals surface area contributed by atoms with Gasteiger partial charge >= 0.3 is 5.97 Å². The first kappa shape index (κ1) is 17.4. The zero-order valence-electron chi connectivity index (χ0n) is 14.9. The second kappa shape index (κ2) is 6.92. The molecule has 0 atom stereocenters. The van der Waals surface area contributed by atoms with Crippen molar-refractivity contribution in [3.63, 3.8) is 0 Å². The van der Waals surface area contributed by atoms with Gasteiger partial charge in [0.15, 0.2) is 11.0 Å². The summed E-state index contributed by atoms with van der Waals surface area (Å²) in [5, 5.41) is 18.7. The van der Waals surface area contributed by atoms with Crippen molar-refractivity contribution in [3.05, 3.63) is 54.2 Å². The minimum Gasteiger partial charge on any atom is -0.481 e. The maximum absolute atomic E-state index is 10.7. The molecular formula is C20H18N4O2S. The monoisotopic (exact) mass is 378 g/mol. The molecule has 27 heavy (non-hydrogen) atoms. The summed E-state index contributed by atoms with van der Waals surface area (Å²) in [4.78, 5) is 13.8. The quantitative estimate of drug-likeness (QED) is 0.511. The molecule has 0 fully saturated rings. The summed E-state index contributed by atoms with van der Waals surface area (Å²) in [7, 11) is 2.04. The third-order valence-corrected chi connectivity index (χ3v) is 5.24. The van der Waals surface area contributed by atoms with Crippen LogP contribution in [-0.4, -0.2) is 36.6 Å². The van der Waals surface area contributed by atoms with Crippen LogP contribution in [0.25, 0.3) is 33.4 Å². The molecule has 4 aromatic rings. The number of aromatic nitrogens is 4. The van der Waals surface area contributed by atoms with Crippen molar-refractivity contribution in [2.24, 2.45) is 7.05 Å². The molecule has 0 unspecified atom stereocenters. The average Bonchev–Trinajstić information content (AvgIpc) is 3.27. The number of thioether (sulfide) groups is 1. The molecule has 0 amide bonds. The number of carboxylic acid groups (broad SMARTS) is 1. The molecule has 2 N–H and O–H groups in total. The first-order valence-electron chi connectivity index (χ1n) is 8.45. The van der Waals surface area contributed by atoms with Gasteiger partial charge in [0.25, 0.3) is 0 Å². The van der Waals surface area contributed by atoms with Gasteiger partial charge in [0.05, 0.1) is 5.75 Å². The maximum Gasteiger partial charge on any atom is 0.313 e. The van der Waals surface area contributed by atoms with Crippen molar-refractivity contribution in [1.82, 2.24) is 19.7 Å². The van der Waals surface area contributed by atoms with E-state index in [1.54, 1.807) is 0 Å². The van der Waals surface area contributed by atoms with Crippen LogP contribution in [0.1, 0.15) is 5.56 Å². The fourth-order valence-corrected chi connectivity index (χ4v) is 3.73. The van der Waals surface area contributed by atoms with Crippen molar-refractivity contribution >= 4 is 28.6 Å². The number of fused-ring (bicyclic) bond motifs is 1. The Kier molecular flexibility index (Phi) is 4.45. The summed E-state index contributed by atoms with van der Waals surface area (Å²) in [6, 6.07) is 14.7. The van der Waals surface area contributed by atoms with Gasteiger partial charge in [-0.25, -0.2) is 0 Å². The summed E-state index contributed by atoms with van der Waals surface area (Å²) in [6.07, 6.45) is 2.06. The molecule has 4 rings (SSSR count). The number of nitrogens with zero attached hydrogens (tertiary/aromatic N) is 3. The van der Waals surface area contributed by atoms with Gasteiger partial charge in [-0.15, -0.1) is 10.2 Å². The van der Waals surface area contributed by atoms with E-state index < -0.39 is 5.97 Å². The largest absolute Gasteiger partial charge is 0.481 e. The van der Waals surface area contributed by atoms with E-state index in [9.17, 15) is 4.79 Å². The second-order valence-electron chi connectivity index (χ2n) is 6.41. The van der Waals surface area contributed by atoms with Gasteiger partial charge in [-0.2, -0.15) is 0 Å². The van der Waals surface area contributed by atoms with Crippen molar-refractivity contribution in [3.8, 4) is 22.5 Å². The van der Waals surface area contributed by atoms with Gasteiger partial charge in [0, 0.05) is 29.7 Å². The molecule has 6 nitrogen and oxygen atoms in total. The van der Waals surface area contributed by atoms with E-state index >= 15 is 0 Å². The van der Waals surface area contributed by atoms with Gasteiger partial charge in [0.2, 0.25) is 0 Å². The molecule has 2 aromatic carbocycles. The Hall–Kier alpha value is -3.06. The molecule has 2 aromatic heterocycles. The normalized spacial score (nSPS) is 11.2. The molecular weight excluding hydrogens is 360 g/mol. The van der Waals surface area contributed by atoms with Crippen molar-refractivity contribution in [2.75, 3.05) is 5.75 Å². The lowest BCUT2D eigenvalue weighted by Crippen LogP contribution is -1.97. The Morgan fingerprint density at radius 1 is 1.19 bits per heavy atom. The first-order valence-corrected chi connectivity index (χ1v) is 9.43. The van der Waals surface area contributed by atoms with E-state index in [0.29, 0.717) is 11.0 Å². The summed E-state index contributed by atoms with van der Waals surface area (Å²) in [5.74, 6) is -0.302. The van der Waals surface area contributed by atoms with Crippen molar-refractivity contribution < 1.29 is 9.90 Å². The molecule has 0 saturated heterocycles. The Bertz CT molecular complexity index is 1150. The van der Waals surface area contributed by atoms with E-state index in [4.69, 9.17) is 5.11 Å². The highest BCUT2D eigenvalue weighted by Gasteiger charge is 2.12. The maximum atomic E-state index is 10.7. The number of carbonyl (C=O) groups is 1. The van der Waals surface area contributed by atoms with Crippen LogP contribution in [0.15, 0.2) is 53.8 Å². The fraction of sp³-hybridized carbons (Fsp3) is 0.150. The van der Waals surface area contributed by atoms with E-state index in [-0.39, 0.29) is 5.75 Å². The molecule has 7 heteroatoms. The SMILES string of the molecule is Cc1cc(-c2nnc(SCC(=O)O)[nH]2)cc(-c2cccc3c2ccn3C)c1. The van der Waals surface area contributed by atoms with Crippen LogP contribution in [0.2, 0.25) is 0 Å². The molecule has 2 heterocycles. The zero-order valence-corrected chi connectivity index (χ0v) is 15.7. The van der Waals surface area contributed by atoms with Crippen LogP contribution >= 0.6 is 11.8 Å². The standard InChI is InChI=1S/C20H18N4O2S/c1-12-8-13(15-4-3-5-17-16(15)6-7-24(17)2)10-14(9-12)19-21-20(23-22-19)27-11-18(25)26/h3-10H,11H2,1-2H3,(H,25,26)(H,21,22,23). The van der Waals surface area contributed by atoms with E-state index in [1.165, 1.54) is 10.9 Å². The summed E-state index contributed by atoms with van der Waals surface area (Å²) in [6.45, 7) is 2.05. The van der Waals surface area contributed by atoms with Gasteiger partial charge in [-0.05, 0) is 47.9 Å². The topological polar surface area (TPSA) is 83.8 Å². The number of aromatic amines is 1. The van der Waals surface area contributed by atoms with E-state index in [0.717, 1.165) is 34.0 Å². The number of hydrogen-bond acceptors (Lipinski definition) is 4. The molecule has 0 aliphatic heterocycles. The van der Waals surface area contributed by atoms with Crippen molar-refractivity contribution in [2.45, 2.75) is 12.1 Å². The highest BCUT2D eigenvalue weighted by atomic mass is 32.2. The zero-order chi connectivity index (χ0) is 19.0.